The van der Waals surface area contributed by atoms with Gasteiger partial charge in [0.2, 0.25) is 0 Å². The lowest BCUT2D eigenvalue weighted by atomic mass is 10.1. The highest BCUT2D eigenvalue weighted by molar-refractivity contribution is 7.18. The largest absolute Gasteiger partial charge is 0.353 e. The average molecular weight is 397 g/mol. The summed E-state index contributed by atoms with van der Waals surface area (Å²) < 4.78 is 2.19. The van der Waals surface area contributed by atoms with Gasteiger partial charge in [-0.2, -0.15) is 0 Å². The Morgan fingerprint density at radius 3 is 3.00 bits per heavy atom. The average Bonchev–Trinajstić information content (AvgIpc) is 3.41. The van der Waals surface area contributed by atoms with Crippen molar-refractivity contribution in [3.8, 4) is 10.4 Å². The molecule has 4 aromatic rings. The number of thiophene rings is 2. The molecule has 5 heterocycles. The molecular weight excluding hydrogens is 376 g/mol. The number of hydrogen-bond acceptors (Lipinski definition) is 5. The SMILES string of the molecule is Cn1cccc1[C@@H]1CCCN1Cc1nc2scc(-c3cccs3)c2c(=O)[nH]1. The molecule has 1 saturated heterocycles. The van der Waals surface area contributed by atoms with E-state index in [0.717, 1.165) is 34.1 Å². The zero-order valence-corrected chi connectivity index (χ0v) is 16.6. The highest BCUT2D eigenvalue weighted by Crippen LogP contribution is 2.35. The van der Waals surface area contributed by atoms with Crippen molar-refractivity contribution in [2.75, 3.05) is 6.54 Å². The summed E-state index contributed by atoms with van der Waals surface area (Å²) in [7, 11) is 2.09. The van der Waals surface area contributed by atoms with Crippen LogP contribution < -0.4 is 5.56 Å². The summed E-state index contributed by atoms with van der Waals surface area (Å²) >= 11 is 3.20. The summed E-state index contributed by atoms with van der Waals surface area (Å²) in [5, 5.41) is 4.79. The maximum absolute atomic E-state index is 12.8. The van der Waals surface area contributed by atoms with Crippen molar-refractivity contribution in [1.29, 1.82) is 0 Å². The van der Waals surface area contributed by atoms with Gasteiger partial charge in [0.25, 0.3) is 5.56 Å². The van der Waals surface area contributed by atoms with Gasteiger partial charge in [0.1, 0.15) is 10.7 Å². The van der Waals surface area contributed by atoms with Crippen LogP contribution in [0.5, 0.6) is 0 Å². The fourth-order valence-corrected chi connectivity index (χ4v) is 5.83. The van der Waals surface area contributed by atoms with E-state index in [9.17, 15) is 4.79 Å². The lowest BCUT2D eigenvalue weighted by molar-refractivity contribution is 0.235. The second kappa shape index (κ2) is 6.74. The second-order valence-corrected chi connectivity index (χ2v) is 8.80. The van der Waals surface area contributed by atoms with Crippen LogP contribution in [0.25, 0.3) is 20.7 Å². The lowest BCUT2D eigenvalue weighted by Gasteiger charge is -2.24. The van der Waals surface area contributed by atoms with Crippen molar-refractivity contribution in [1.82, 2.24) is 19.4 Å². The van der Waals surface area contributed by atoms with Crippen LogP contribution in [0.15, 0.2) is 46.0 Å². The highest BCUT2D eigenvalue weighted by Gasteiger charge is 2.28. The minimum atomic E-state index is -0.0331. The first-order valence-corrected chi connectivity index (χ1v) is 10.9. The maximum atomic E-state index is 12.8. The number of rotatable bonds is 4. The third-order valence-electron chi connectivity index (χ3n) is 5.32. The van der Waals surface area contributed by atoms with E-state index in [1.807, 2.05) is 22.9 Å². The standard InChI is InChI=1S/C20H20N4OS2/c1-23-8-2-5-14(23)15-6-3-9-24(15)11-17-21-19(25)18-13(12-27-20(18)22-17)16-7-4-10-26-16/h2,4-5,7-8,10,12,15H,3,6,9,11H2,1H3,(H,21,22,25)/t15-/m0/s1. The van der Waals surface area contributed by atoms with Crippen molar-refractivity contribution >= 4 is 32.9 Å². The fourth-order valence-electron chi connectivity index (χ4n) is 4.04. The van der Waals surface area contributed by atoms with Gasteiger partial charge in [-0.05, 0) is 43.0 Å². The van der Waals surface area contributed by atoms with Crippen LogP contribution in [0.4, 0.5) is 0 Å². The van der Waals surface area contributed by atoms with E-state index in [0.29, 0.717) is 18.0 Å². The Morgan fingerprint density at radius 2 is 2.22 bits per heavy atom. The van der Waals surface area contributed by atoms with Crippen molar-refractivity contribution in [2.45, 2.75) is 25.4 Å². The monoisotopic (exact) mass is 396 g/mol. The van der Waals surface area contributed by atoms with E-state index in [2.05, 4.69) is 39.8 Å². The predicted molar refractivity (Wildman–Crippen MR) is 111 cm³/mol. The summed E-state index contributed by atoms with van der Waals surface area (Å²) in [6.45, 7) is 1.70. The molecule has 0 spiro atoms. The molecule has 5 rings (SSSR count). The van der Waals surface area contributed by atoms with Gasteiger partial charge in [-0.3, -0.25) is 9.69 Å². The van der Waals surface area contributed by atoms with E-state index in [-0.39, 0.29) is 5.56 Å². The third-order valence-corrected chi connectivity index (χ3v) is 7.10. The molecule has 4 aromatic heterocycles. The molecule has 1 atom stereocenters. The number of likely N-dealkylation sites (tertiary alicyclic amines) is 1. The Labute approximate surface area is 164 Å². The van der Waals surface area contributed by atoms with Crippen LogP contribution in [0.2, 0.25) is 0 Å². The molecule has 7 heteroatoms. The first-order chi connectivity index (χ1) is 13.2. The molecule has 27 heavy (non-hydrogen) atoms. The van der Waals surface area contributed by atoms with Gasteiger partial charge in [-0.1, -0.05) is 6.07 Å². The van der Waals surface area contributed by atoms with Gasteiger partial charge in [0.15, 0.2) is 0 Å². The summed E-state index contributed by atoms with van der Waals surface area (Å²) in [4.78, 5) is 25.0. The van der Waals surface area contributed by atoms with Gasteiger partial charge in [0.05, 0.1) is 18.0 Å². The summed E-state index contributed by atoms with van der Waals surface area (Å²) in [5.74, 6) is 0.758. The topological polar surface area (TPSA) is 53.9 Å². The quantitative estimate of drug-likeness (QED) is 0.557. The number of aryl methyl sites for hydroxylation is 1. The van der Waals surface area contributed by atoms with Crippen molar-refractivity contribution in [2.24, 2.45) is 7.05 Å². The van der Waals surface area contributed by atoms with Crippen LogP contribution in [0.3, 0.4) is 0 Å². The molecule has 138 valence electrons. The van der Waals surface area contributed by atoms with Crippen molar-refractivity contribution in [3.05, 3.63) is 63.1 Å². The lowest BCUT2D eigenvalue weighted by Crippen LogP contribution is -2.26. The number of aromatic amines is 1. The van der Waals surface area contributed by atoms with Gasteiger partial charge < -0.3 is 9.55 Å². The summed E-state index contributed by atoms with van der Waals surface area (Å²) in [5.41, 5.74) is 2.29. The van der Waals surface area contributed by atoms with Crippen molar-refractivity contribution in [3.63, 3.8) is 0 Å². The Hall–Kier alpha value is -2.22. The maximum Gasteiger partial charge on any atom is 0.260 e. The van der Waals surface area contributed by atoms with E-state index in [4.69, 9.17) is 4.98 Å². The number of nitrogens with one attached hydrogen (secondary N) is 1. The number of hydrogen-bond donors (Lipinski definition) is 1. The molecule has 0 aromatic carbocycles. The molecule has 1 N–H and O–H groups in total. The molecule has 0 bridgehead atoms. The first kappa shape index (κ1) is 16.9. The summed E-state index contributed by atoms with van der Waals surface area (Å²) in [6, 6.07) is 8.73. The zero-order valence-electron chi connectivity index (χ0n) is 15.0. The first-order valence-electron chi connectivity index (χ1n) is 9.10. The fraction of sp³-hybridized carbons (Fsp3) is 0.300. The van der Waals surface area contributed by atoms with Crippen LogP contribution in [0.1, 0.15) is 30.4 Å². The Morgan fingerprint density at radius 1 is 1.30 bits per heavy atom. The zero-order chi connectivity index (χ0) is 18.4. The molecule has 0 radical (unpaired) electrons. The van der Waals surface area contributed by atoms with Crippen LogP contribution in [0, 0.1) is 0 Å². The molecule has 5 nitrogen and oxygen atoms in total. The molecule has 0 unspecified atom stereocenters. The van der Waals surface area contributed by atoms with E-state index in [1.165, 1.54) is 12.1 Å². The number of nitrogens with zero attached hydrogens (tertiary/aromatic N) is 3. The molecule has 1 aliphatic rings. The molecule has 1 aliphatic heterocycles. The number of H-pyrrole nitrogens is 1. The smallest absolute Gasteiger partial charge is 0.260 e. The van der Waals surface area contributed by atoms with Gasteiger partial charge in [-0.15, -0.1) is 22.7 Å². The van der Waals surface area contributed by atoms with Gasteiger partial charge in [0, 0.05) is 34.8 Å². The van der Waals surface area contributed by atoms with Crippen LogP contribution in [-0.4, -0.2) is 26.0 Å². The normalized spacial score (nSPS) is 17.9. The Balaban J connectivity index is 1.48. The number of fused-ring (bicyclic) bond motifs is 1. The van der Waals surface area contributed by atoms with Crippen LogP contribution >= 0.6 is 22.7 Å². The van der Waals surface area contributed by atoms with Crippen LogP contribution in [-0.2, 0) is 13.6 Å². The van der Waals surface area contributed by atoms with Gasteiger partial charge in [-0.25, -0.2) is 4.98 Å². The van der Waals surface area contributed by atoms with E-state index in [1.54, 1.807) is 22.7 Å². The van der Waals surface area contributed by atoms with Gasteiger partial charge >= 0.3 is 0 Å². The minimum Gasteiger partial charge on any atom is -0.353 e. The molecule has 1 fully saturated rings. The summed E-state index contributed by atoms with van der Waals surface area (Å²) in [6.07, 6.45) is 4.41. The second-order valence-electron chi connectivity index (χ2n) is 6.99. The van der Waals surface area contributed by atoms with E-state index >= 15 is 0 Å². The predicted octanol–water partition coefficient (Wildman–Crippen LogP) is 4.39. The van der Waals surface area contributed by atoms with Crippen molar-refractivity contribution < 1.29 is 0 Å². The molecular formula is C20H20N4OS2. The number of aromatic nitrogens is 3. The minimum absolute atomic E-state index is 0.0331. The Kier molecular flexibility index (Phi) is 4.22. The van der Waals surface area contributed by atoms with E-state index < -0.39 is 0 Å². The molecule has 0 amide bonds. The Bertz CT molecular complexity index is 1140. The highest BCUT2D eigenvalue weighted by atomic mass is 32.1. The molecule has 0 saturated carbocycles. The third kappa shape index (κ3) is 2.96. The molecule has 0 aliphatic carbocycles.